The summed E-state index contributed by atoms with van der Waals surface area (Å²) >= 11 is 0. The molecule has 0 unspecified atom stereocenters. The highest BCUT2D eigenvalue weighted by molar-refractivity contribution is 6.06. The van der Waals surface area contributed by atoms with Gasteiger partial charge in [-0.15, -0.1) is 0 Å². The first-order valence-corrected chi connectivity index (χ1v) is 8.65. The third-order valence-electron chi connectivity index (χ3n) is 4.96. The SMILES string of the molecule is Cc1noc2nc(C(C)C)cc(C(=O)NCC3(C)CCNCC3)c12. The van der Waals surface area contributed by atoms with Crippen LogP contribution in [-0.2, 0) is 0 Å². The van der Waals surface area contributed by atoms with E-state index in [9.17, 15) is 4.79 Å². The van der Waals surface area contributed by atoms with Crippen molar-refractivity contribution in [2.45, 2.75) is 46.5 Å². The van der Waals surface area contributed by atoms with Crippen molar-refractivity contribution < 1.29 is 9.32 Å². The minimum absolute atomic E-state index is 0.0737. The third-order valence-corrected chi connectivity index (χ3v) is 4.96. The van der Waals surface area contributed by atoms with Crippen molar-refractivity contribution in [1.29, 1.82) is 0 Å². The molecule has 0 atom stereocenters. The van der Waals surface area contributed by atoms with Gasteiger partial charge in [0.15, 0.2) is 0 Å². The van der Waals surface area contributed by atoms with Crippen LogP contribution in [0.1, 0.15) is 61.3 Å². The largest absolute Gasteiger partial charge is 0.351 e. The average molecular weight is 330 g/mol. The van der Waals surface area contributed by atoms with Crippen LogP contribution < -0.4 is 10.6 Å². The number of hydrogen-bond acceptors (Lipinski definition) is 5. The number of aryl methyl sites for hydroxylation is 1. The second kappa shape index (κ2) is 6.51. The molecule has 0 aliphatic carbocycles. The second-order valence-corrected chi connectivity index (χ2v) is 7.44. The maximum atomic E-state index is 12.8. The van der Waals surface area contributed by atoms with E-state index in [1.807, 2.05) is 13.0 Å². The summed E-state index contributed by atoms with van der Waals surface area (Å²) in [6.45, 7) is 10.9. The number of pyridine rings is 1. The lowest BCUT2D eigenvalue weighted by Crippen LogP contribution is -2.43. The van der Waals surface area contributed by atoms with E-state index in [1.54, 1.807) is 0 Å². The number of nitrogens with zero attached hydrogens (tertiary/aromatic N) is 2. The summed E-state index contributed by atoms with van der Waals surface area (Å²) in [6, 6.07) is 1.87. The van der Waals surface area contributed by atoms with Crippen molar-refractivity contribution in [2.75, 3.05) is 19.6 Å². The highest BCUT2D eigenvalue weighted by Crippen LogP contribution is 2.28. The molecule has 0 bridgehead atoms. The Bertz CT molecular complexity index is 745. The first-order valence-electron chi connectivity index (χ1n) is 8.65. The Morgan fingerprint density at radius 1 is 1.42 bits per heavy atom. The Kier molecular flexibility index (Phi) is 4.58. The number of carbonyl (C=O) groups is 1. The summed E-state index contributed by atoms with van der Waals surface area (Å²) < 4.78 is 5.30. The maximum absolute atomic E-state index is 12.8. The van der Waals surface area contributed by atoms with E-state index in [0.717, 1.165) is 31.6 Å². The lowest BCUT2D eigenvalue weighted by molar-refractivity contribution is 0.0923. The smallest absolute Gasteiger partial charge is 0.259 e. The Labute approximate surface area is 142 Å². The van der Waals surface area contributed by atoms with E-state index in [0.29, 0.717) is 28.9 Å². The number of fused-ring (bicyclic) bond motifs is 1. The van der Waals surface area contributed by atoms with Crippen LogP contribution in [0.2, 0.25) is 0 Å². The van der Waals surface area contributed by atoms with Gasteiger partial charge in [0.1, 0.15) is 0 Å². The number of carbonyl (C=O) groups excluding carboxylic acids is 1. The van der Waals surface area contributed by atoms with E-state index in [-0.39, 0.29) is 17.2 Å². The summed E-state index contributed by atoms with van der Waals surface area (Å²) in [5.74, 6) is 0.142. The van der Waals surface area contributed by atoms with Gasteiger partial charge in [-0.05, 0) is 50.3 Å². The van der Waals surface area contributed by atoms with Crippen LogP contribution in [-0.4, -0.2) is 35.7 Å². The zero-order valence-electron chi connectivity index (χ0n) is 14.9. The van der Waals surface area contributed by atoms with Crippen molar-refractivity contribution in [3.63, 3.8) is 0 Å². The molecule has 0 radical (unpaired) electrons. The van der Waals surface area contributed by atoms with Crippen molar-refractivity contribution >= 4 is 17.0 Å². The minimum atomic E-state index is -0.0737. The fraction of sp³-hybridized carbons (Fsp3) is 0.611. The van der Waals surface area contributed by atoms with E-state index in [2.05, 4.69) is 41.5 Å². The predicted octanol–water partition coefficient (Wildman–Crippen LogP) is 2.77. The number of rotatable bonds is 4. The standard InChI is InChI=1S/C18H26N4O2/c1-11(2)14-9-13(15-12(3)22-24-17(15)21-14)16(23)20-10-18(4)5-7-19-8-6-18/h9,11,19H,5-8,10H2,1-4H3,(H,20,23). The topological polar surface area (TPSA) is 80.0 Å². The van der Waals surface area contributed by atoms with Gasteiger partial charge in [0.05, 0.1) is 16.6 Å². The summed E-state index contributed by atoms with van der Waals surface area (Å²) in [4.78, 5) is 17.3. The molecule has 0 spiro atoms. The molecule has 1 fully saturated rings. The van der Waals surface area contributed by atoms with Crippen LogP contribution in [0.5, 0.6) is 0 Å². The molecule has 0 aromatic carbocycles. The van der Waals surface area contributed by atoms with E-state index in [4.69, 9.17) is 4.52 Å². The number of nitrogens with one attached hydrogen (secondary N) is 2. The average Bonchev–Trinajstić information content (AvgIpc) is 2.94. The van der Waals surface area contributed by atoms with Gasteiger partial charge in [-0.3, -0.25) is 4.79 Å². The number of amides is 1. The Morgan fingerprint density at radius 3 is 2.79 bits per heavy atom. The molecule has 1 amide bonds. The summed E-state index contributed by atoms with van der Waals surface area (Å²) in [5.41, 5.74) is 2.75. The molecule has 0 saturated carbocycles. The van der Waals surface area contributed by atoms with Gasteiger partial charge < -0.3 is 15.2 Å². The lowest BCUT2D eigenvalue weighted by atomic mass is 9.81. The fourth-order valence-electron chi connectivity index (χ4n) is 3.18. The third kappa shape index (κ3) is 3.29. The molecular formula is C18H26N4O2. The van der Waals surface area contributed by atoms with Crippen LogP contribution in [0.25, 0.3) is 11.1 Å². The second-order valence-electron chi connectivity index (χ2n) is 7.44. The van der Waals surface area contributed by atoms with Gasteiger partial charge in [0.25, 0.3) is 11.6 Å². The van der Waals surface area contributed by atoms with Crippen LogP contribution in [0, 0.1) is 12.3 Å². The molecular weight excluding hydrogens is 304 g/mol. The highest BCUT2D eigenvalue weighted by atomic mass is 16.5. The minimum Gasteiger partial charge on any atom is -0.351 e. The van der Waals surface area contributed by atoms with Gasteiger partial charge in [0, 0.05) is 12.2 Å². The number of hydrogen-bond donors (Lipinski definition) is 2. The molecule has 24 heavy (non-hydrogen) atoms. The molecule has 2 aromatic heterocycles. The highest BCUT2D eigenvalue weighted by Gasteiger charge is 2.28. The monoisotopic (exact) mass is 330 g/mol. The zero-order chi connectivity index (χ0) is 17.3. The predicted molar refractivity (Wildman–Crippen MR) is 93.2 cm³/mol. The van der Waals surface area contributed by atoms with Crippen molar-refractivity contribution in [1.82, 2.24) is 20.8 Å². The fourth-order valence-corrected chi connectivity index (χ4v) is 3.18. The molecule has 1 aliphatic heterocycles. The number of piperidine rings is 1. The van der Waals surface area contributed by atoms with Gasteiger partial charge >= 0.3 is 0 Å². The summed E-state index contributed by atoms with van der Waals surface area (Å²) in [7, 11) is 0. The maximum Gasteiger partial charge on any atom is 0.259 e. The van der Waals surface area contributed by atoms with E-state index >= 15 is 0 Å². The Morgan fingerprint density at radius 2 is 2.12 bits per heavy atom. The molecule has 2 aromatic rings. The molecule has 2 N–H and O–H groups in total. The van der Waals surface area contributed by atoms with Crippen molar-refractivity contribution in [3.8, 4) is 0 Å². The molecule has 6 heteroatoms. The van der Waals surface area contributed by atoms with Gasteiger partial charge in [0.2, 0.25) is 0 Å². The van der Waals surface area contributed by atoms with Gasteiger partial charge in [-0.1, -0.05) is 25.9 Å². The van der Waals surface area contributed by atoms with Gasteiger partial charge in [-0.2, -0.15) is 0 Å². The summed E-state index contributed by atoms with van der Waals surface area (Å²) in [6.07, 6.45) is 2.14. The normalized spacial score (nSPS) is 17.4. The van der Waals surface area contributed by atoms with Gasteiger partial charge in [-0.25, -0.2) is 4.98 Å². The van der Waals surface area contributed by atoms with Crippen molar-refractivity contribution in [3.05, 3.63) is 23.0 Å². The molecule has 6 nitrogen and oxygen atoms in total. The van der Waals surface area contributed by atoms with E-state index < -0.39 is 0 Å². The van der Waals surface area contributed by atoms with E-state index in [1.165, 1.54) is 0 Å². The van der Waals surface area contributed by atoms with Crippen molar-refractivity contribution in [2.24, 2.45) is 5.41 Å². The van der Waals surface area contributed by atoms with Crippen LogP contribution in [0.4, 0.5) is 0 Å². The Balaban J connectivity index is 1.87. The molecule has 1 aliphatic rings. The van der Waals surface area contributed by atoms with Crippen LogP contribution in [0.3, 0.4) is 0 Å². The number of aromatic nitrogens is 2. The molecule has 130 valence electrons. The first kappa shape index (κ1) is 16.9. The Hall–Kier alpha value is -1.95. The molecule has 3 rings (SSSR count). The van der Waals surface area contributed by atoms with Crippen LogP contribution >= 0.6 is 0 Å². The summed E-state index contributed by atoms with van der Waals surface area (Å²) in [5, 5.41) is 11.2. The first-order chi connectivity index (χ1) is 11.4. The molecule has 1 saturated heterocycles. The van der Waals surface area contributed by atoms with Crippen LogP contribution in [0.15, 0.2) is 10.6 Å². The lowest BCUT2D eigenvalue weighted by Gasteiger charge is -2.34. The zero-order valence-corrected chi connectivity index (χ0v) is 14.9. The quantitative estimate of drug-likeness (QED) is 0.901. The molecule has 3 heterocycles.